The minimum atomic E-state index is 0.921. The fourth-order valence-electron chi connectivity index (χ4n) is 2.33. The molecule has 1 saturated heterocycles. The van der Waals surface area contributed by atoms with E-state index in [0.29, 0.717) is 0 Å². The van der Waals surface area contributed by atoms with Crippen LogP contribution < -0.4 is 5.32 Å². The first-order chi connectivity index (χ1) is 8.43. The zero-order valence-corrected chi connectivity index (χ0v) is 9.84. The van der Waals surface area contributed by atoms with E-state index in [-0.39, 0.29) is 0 Å². The maximum atomic E-state index is 4.35. The summed E-state index contributed by atoms with van der Waals surface area (Å²) in [5.41, 5.74) is 1.04. The standard InChI is InChI=1S/C12H17N5/c1-2-8-16(7-1)9-5-13-12-11-3-4-15-17(11)10-6-14-12/h3-4,6,10H,1-2,5,7-9H2,(H,13,14). The average Bonchev–Trinajstić information content (AvgIpc) is 2.99. The SMILES string of the molecule is c1cn2nccc2c(NCCN2CCCC2)n1. The molecule has 0 aromatic carbocycles. The Morgan fingerprint density at radius 1 is 1.24 bits per heavy atom. The van der Waals surface area contributed by atoms with Crippen LogP contribution >= 0.6 is 0 Å². The van der Waals surface area contributed by atoms with Crippen molar-refractivity contribution in [3.8, 4) is 0 Å². The van der Waals surface area contributed by atoms with Crippen molar-refractivity contribution in [3.05, 3.63) is 24.7 Å². The predicted molar refractivity (Wildman–Crippen MR) is 67.2 cm³/mol. The normalized spacial score (nSPS) is 16.7. The number of fused-ring (bicyclic) bond motifs is 1. The highest BCUT2D eigenvalue weighted by Crippen LogP contribution is 2.12. The van der Waals surface area contributed by atoms with Crippen LogP contribution in [0.1, 0.15) is 12.8 Å². The third-order valence-electron chi connectivity index (χ3n) is 3.24. The van der Waals surface area contributed by atoms with Gasteiger partial charge in [-0.2, -0.15) is 5.10 Å². The molecule has 0 amide bonds. The monoisotopic (exact) mass is 231 g/mol. The fourth-order valence-corrected chi connectivity index (χ4v) is 2.33. The maximum Gasteiger partial charge on any atom is 0.152 e. The second-order valence-electron chi connectivity index (χ2n) is 4.41. The molecule has 1 aliphatic rings. The van der Waals surface area contributed by atoms with Gasteiger partial charge in [-0.1, -0.05) is 0 Å². The van der Waals surface area contributed by atoms with E-state index in [1.165, 1.54) is 25.9 Å². The molecule has 3 rings (SSSR count). The van der Waals surface area contributed by atoms with E-state index in [1.807, 2.05) is 16.8 Å². The lowest BCUT2D eigenvalue weighted by Gasteiger charge is -2.15. The second-order valence-corrected chi connectivity index (χ2v) is 4.41. The van der Waals surface area contributed by atoms with Crippen LogP contribution in [-0.2, 0) is 0 Å². The molecule has 0 bridgehead atoms. The van der Waals surface area contributed by atoms with Gasteiger partial charge in [0.25, 0.3) is 0 Å². The Morgan fingerprint density at radius 3 is 3.00 bits per heavy atom. The van der Waals surface area contributed by atoms with Crippen molar-refractivity contribution < 1.29 is 0 Å². The summed E-state index contributed by atoms with van der Waals surface area (Å²) < 4.78 is 1.84. The molecule has 0 unspecified atom stereocenters. The number of hydrogen-bond donors (Lipinski definition) is 1. The second kappa shape index (κ2) is 4.71. The molecule has 3 heterocycles. The number of anilines is 1. The molecule has 0 spiro atoms. The van der Waals surface area contributed by atoms with Crippen LogP contribution in [0.25, 0.3) is 5.52 Å². The van der Waals surface area contributed by atoms with E-state index in [2.05, 4.69) is 20.3 Å². The molecule has 90 valence electrons. The van der Waals surface area contributed by atoms with Gasteiger partial charge in [0.2, 0.25) is 0 Å². The molecule has 17 heavy (non-hydrogen) atoms. The third kappa shape index (κ3) is 2.24. The van der Waals surface area contributed by atoms with Gasteiger partial charge < -0.3 is 10.2 Å². The minimum Gasteiger partial charge on any atom is -0.367 e. The van der Waals surface area contributed by atoms with Crippen molar-refractivity contribution in [2.45, 2.75) is 12.8 Å². The first-order valence-corrected chi connectivity index (χ1v) is 6.18. The molecule has 0 saturated carbocycles. The van der Waals surface area contributed by atoms with Gasteiger partial charge in [-0.05, 0) is 32.0 Å². The minimum absolute atomic E-state index is 0.921. The Hall–Kier alpha value is -1.62. The number of hydrogen-bond acceptors (Lipinski definition) is 4. The Balaban J connectivity index is 1.62. The van der Waals surface area contributed by atoms with Crippen LogP contribution in [0.15, 0.2) is 24.7 Å². The average molecular weight is 231 g/mol. The van der Waals surface area contributed by atoms with Crippen LogP contribution in [0.4, 0.5) is 5.82 Å². The topological polar surface area (TPSA) is 45.5 Å². The highest BCUT2D eigenvalue weighted by molar-refractivity contribution is 5.66. The summed E-state index contributed by atoms with van der Waals surface area (Å²) in [5, 5.41) is 7.58. The Labute approximate surface area is 100 Å². The molecule has 0 radical (unpaired) electrons. The molecule has 0 aliphatic carbocycles. The summed E-state index contributed by atoms with van der Waals surface area (Å²) in [6.07, 6.45) is 8.12. The van der Waals surface area contributed by atoms with Gasteiger partial charge in [-0.15, -0.1) is 0 Å². The lowest BCUT2D eigenvalue weighted by atomic mass is 10.4. The molecule has 5 heteroatoms. The van der Waals surface area contributed by atoms with E-state index in [1.54, 1.807) is 12.4 Å². The summed E-state index contributed by atoms with van der Waals surface area (Å²) in [7, 11) is 0. The van der Waals surface area contributed by atoms with Crippen LogP contribution in [0, 0.1) is 0 Å². The first kappa shape index (κ1) is 10.5. The molecule has 1 aliphatic heterocycles. The van der Waals surface area contributed by atoms with E-state index in [9.17, 15) is 0 Å². The van der Waals surface area contributed by atoms with Gasteiger partial charge >= 0.3 is 0 Å². The van der Waals surface area contributed by atoms with Gasteiger partial charge in [0.15, 0.2) is 5.82 Å². The van der Waals surface area contributed by atoms with E-state index in [4.69, 9.17) is 0 Å². The van der Waals surface area contributed by atoms with Crippen molar-refractivity contribution >= 4 is 11.3 Å². The lowest BCUT2D eigenvalue weighted by Crippen LogP contribution is -2.26. The molecule has 2 aromatic heterocycles. The van der Waals surface area contributed by atoms with Crippen molar-refractivity contribution in [1.29, 1.82) is 0 Å². The third-order valence-corrected chi connectivity index (χ3v) is 3.24. The summed E-state index contributed by atoms with van der Waals surface area (Å²) in [6.45, 7) is 4.52. The Kier molecular flexibility index (Phi) is 2.92. The lowest BCUT2D eigenvalue weighted by molar-refractivity contribution is 0.352. The van der Waals surface area contributed by atoms with Crippen LogP contribution in [0.3, 0.4) is 0 Å². The zero-order chi connectivity index (χ0) is 11.5. The van der Waals surface area contributed by atoms with Crippen molar-refractivity contribution in [2.75, 3.05) is 31.5 Å². The van der Waals surface area contributed by atoms with E-state index in [0.717, 1.165) is 24.4 Å². The van der Waals surface area contributed by atoms with Crippen LogP contribution in [-0.4, -0.2) is 45.7 Å². The van der Waals surface area contributed by atoms with E-state index < -0.39 is 0 Å². The molecule has 5 nitrogen and oxygen atoms in total. The number of rotatable bonds is 4. The largest absolute Gasteiger partial charge is 0.367 e. The highest BCUT2D eigenvalue weighted by Gasteiger charge is 2.10. The summed E-state index contributed by atoms with van der Waals surface area (Å²) in [4.78, 5) is 6.84. The zero-order valence-electron chi connectivity index (χ0n) is 9.84. The van der Waals surface area contributed by atoms with Crippen LogP contribution in [0.2, 0.25) is 0 Å². The summed E-state index contributed by atoms with van der Waals surface area (Å²) >= 11 is 0. The van der Waals surface area contributed by atoms with Crippen molar-refractivity contribution in [1.82, 2.24) is 19.5 Å². The van der Waals surface area contributed by atoms with Gasteiger partial charge in [0, 0.05) is 25.5 Å². The van der Waals surface area contributed by atoms with Gasteiger partial charge in [0.1, 0.15) is 5.52 Å². The van der Waals surface area contributed by atoms with Gasteiger partial charge in [-0.25, -0.2) is 9.50 Å². The van der Waals surface area contributed by atoms with Gasteiger partial charge in [0.05, 0.1) is 6.20 Å². The number of nitrogens with one attached hydrogen (secondary N) is 1. The molecule has 0 atom stereocenters. The smallest absolute Gasteiger partial charge is 0.152 e. The first-order valence-electron chi connectivity index (χ1n) is 6.18. The predicted octanol–water partition coefficient (Wildman–Crippen LogP) is 1.24. The van der Waals surface area contributed by atoms with Crippen LogP contribution in [0.5, 0.6) is 0 Å². The highest BCUT2D eigenvalue weighted by atomic mass is 15.2. The quantitative estimate of drug-likeness (QED) is 0.860. The van der Waals surface area contributed by atoms with E-state index >= 15 is 0 Å². The molecular formula is C12H17N5. The number of likely N-dealkylation sites (tertiary alicyclic amines) is 1. The summed E-state index contributed by atoms with van der Waals surface area (Å²) in [6, 6.07) is 1.98. The van der Waals surface area contributed by atoms with Crippen molar-refractivity contribution in [2.24, 2.45) is 0 Å². The Bertz CT molecular complexity index is 486. The summed E-state index contributed by atoms with van der Waals surface area (Å²) in [5.74, 6) is 0.921. The van der Waals surface area contributed by atoms with Gasteiger partial charge in [-0.3, -0.25) is 0 Å². The van der Waals surface area contributed by atoms with Crippen molar-refractivity contribution in [3.63, 3.8) is 0 Å². The molecular weight excluding hydrogens is 214 g/mol. The maximum absolute atomic E-state index is 4.35. The Morgan fingerprint density at radius 2 is 2.12 bits per heavy atom. The number of aromatic nitrogens is 3. The molecule has 1 fully saturated rings. The number of nitrogens with zero attached hydrogens (tertiary/aromatic N) is 4. The molecule has 1 N–H and O–H groups in total. The fraction of sp³-hybridized carbons (Fsp3) is 0.500. The molecule has 2 aromatic rings.